The third-order valence-electron chi connectivity index (χ3n) is 10.8. The molecule has 2 aliphatic heterocycles. The van der Waals surface area contributed by atoms with Crippen molar-refractivity contribution in [3.63, 3.8) is 0 Å². The number of hydrogen-bond donors (Lipinski definition) is 0. The zero-order valence-electron chi connectivity index (χ0n) is 32.0. The molecule has 2 atom stereocenters. The SMILES string of the molecule is CC(C)C(=O)N1CCN(c2cc(S(=O)(=O)N(COCC[Si](C)(C)C)C3(C)CC3)cc3c2cnn3[C@H]2C[C@H](CF)N(C(=O)OCc3ccccc3)C2)CC1. The van der Waals surface area contributed by atoms with Crippen LogP contribution in [0.2, 0.25) is 25.7 Å². The molecule has 290 valence electrons. The second kappa shape index (κ2) is 15.7. The summed E-state index contributed by atoms with van der Waals surface area (Å²) in [7, 11) is -5.43. The van der Waals surface area contributed by atoms with E-state index in [1.54, 1.807) is 23.0 Å². The molecule has 0 N–H and O–H groups in total. The number of fused-ring (bicyclic) bond motifs is 1. The van der Waals surface area contributed by atoms with Crippen LogP contribution in [0.5, 0.6) is 0 Å². The molecular weight excluding hydrogens is 716 g/mol. The number of ether oxygens (including phenoxy) is 2. The first kappa shape index (κ1) is 39.2. The number of piperazine rings is 1. The van der Waals surface area contributed by atoms with E-state index >= 15 is 0 Å². The van der Waals surface area contributed by atoms with Crippen molar-refractivity contribution < 1.29 is 31.9 Å². The van der Waals surface area contributed by atoms with E-state index in [4.69, 9.17) is 14.6 Å². The highest BCUT2D eigenvalue weighted by atomic mass is 32.2. The van der Waals surface area contributed by atoms with Crippen LogP contribution >= 0.6 is 0 Å². The smallest absolute Gasteiger partial charge is 0.410 e. The minimum Gasteiger partial charge on any atom is -0.445 e. The number of amides is 2. The summed E-state index contributed by atoms with van der Waals surface area (Å²) in [5, 5.41) is 5.52. The van der Waals surface area contributed by atoms with Crippen molar-refractivity contribution >= 4 is 46.7 Å². The van der Waals surface area contributed by atoms with Crippen LogP contribution in [0.1, 0.15) is 51.6 Å². The molecule has 3 aromatic rings. The normalized spacial score (nSPS) is 20.5. The van der Waals surface area contributed by atoms with Gasteiger partial charge in [-0.2, -0.15) is 9.40 Å². The Kier molecular flexibility index (Phi) is 11.6. The first-order valence-electron chi connectivity index (χ1n) is 18.8. The first-order chi connectivity index (χ1) is 25.1. The van der Waals surface area contributed by atoms with E-state index < -0.39 is 48.5 Å². The summed E-state index contributed by atoms with van der Waals surface area (Å²) >= 11 is 0. The lowest BCUT2D eigenvalue weighted by atomic mass is 10.1. The minimum atomic E-state index is -4.05. The number of hydrogen-bond acceptors (Lipinski definition) is 8. The summed E-state index contributed by atoms with van der Waals surface area (Å²) in [6, 6.07) is 12.5. The van der Waals surface area contributed by atoms with E-state index in [9.17, 15) is 22.4 Å². The Bertz CT molecular complexity index is 1870. The molecule has 0 unspecified atom stereocenters. The maximum absolute atomic E-state index is 14.7. The standard InChI is InChI=1S/C38H55FN6O6SSi/c1-28(2)36(46)42-16-14-41(15-17-42)34-21-32(52(48,49)44(38(3)12-13-38)27-50-18-19-53(4,5)6)22-35-33(34)24-40-45(35)31-20-30(23-39)43(25-31)37(47)51-26-29-10-8-7-9-11-29/h7-11,21-22,24,28,30-31H,12-20,23,25-27H2,1-6H3/t30-,31+/m1/s1. The van der Waals surface area contributed by atoms with Gasteiger partial charge in [0.25, 0.3) is 0 Å². The highest BCUT2D eigenvalue weighted by Crippen LogP contribution is 2.45. The van der Waals surface area contributed by atoms with Crippen LogP contribution in [0.4, 0.5) is 14.9 Å². The van der Waals surface area contributed by atoms with Crippen LogP contribution in [-0.2, 0) is 30.9 Å². The van der Waals surface area contributed by atoms with Gasteiger partial charge in [0.15, 0.2) is 0 Å². The van der Waals surface area contributed by atoms with Crippen molar-refractivity contribution in [1.29, 1.82) is 0 Å². The molecule has 1 aliphatic carbocycles. The molecule has 3 aliphatic rings. The molecule has 2 saturated heterocycles. The number of benzene rings is 2. The number of nitrogens with zero attached hydrogens (tertiary/aromatic N) is 6. The topological polar surface area (TPSA) is 118 Å². The van der Waals surface area contributed by atoms with E-state index in [0.29, 0.717) is 50.4 Å². The molecule has 12 nitrogen and oxygen atoms in total. The van der Waals surface area contributed by atoms with Gasteiger partial charge >= 0.3 is 6.09 Å². The van der Waals surface area contributed by atoms with Gasteiger partial charge in [-0.15, -0.1) is 0 Å². The fourth-order valence-electron chi connectivity index (χ4n) is 7.18. The van der Waals surface area contributed by atoms with E-state index in [1.165, 1.54) is 9.21 Å². The number of anilines is 1. The Labute approximate surface area is 314 Å². The molecule has 0 spiro atoms. The number of carbonyl (C=O) groups excluding carboxylic acids is 2. The largest absolute Gasteiger partial charge is 0.445 e. The van der Waals surface area contributed by atoms with Crippen LogP contribution < -0.4 is 4.90 Å². The number of rotatable bonds is 14. The molecule has 3 fully saturated rings. The molecule has 1 saturated carbocycles. The van der Waals surface area contributed by atoms with E-state index in [2.05, 4.69) is 24.5 Å². The summed E-state index contributed by atoms with van der Waals surface area (Å²) < 4.78 is 58.8. The molecular formula is C38H55FN6O6SSi. The molecule has 6 rings (SSSR count). The van der Waals surface area contributed by atoms with Crippen LogP contribution in [0.15, 0.2) is 53.6 Å². The van der Waals surface area contributed by atoms with Crippen molar-refractivity contribution in [1.82, 2.24) is 23.9 Å². The summed E-state index contributed by atoms with van der Waals surface area (Å²) in [5.74, 6) is -0.0191. The predicted molar refractivity (Wildman–Crippen MR) is 206 cm³/mol. The molecule has 2 aromatic carbocycles. The summed E-state index contributed by atoms with van der Waals surface area (Å²) in [5.41, 5.74) is 1.59. The fourth-order valence-corrected chi connectivity index (χ4v) is 9.68. The van der Waals surface area contributed by atoms with Gasteiger partial charge in [0.1, 0.15) is 20.0 Å². The Morgan fingerprint density at radius 1 is 1.08 bits per heavy atom. The number of alkyl halides is 1. The molecule has 0 radical (unpaired) electrons. The van der Waals surface area contributed by atoms with Crippen molar-refractivity contribution in [2.24, 2.45) is 5.92 Å². The number of carbonyl (C=O) groups is 2. The molecule has 2 amide bonds. The zero-order chi connectivity index (χ0) is 38.1. The Morgan fingerprint density at radius 3 is 2.40 bits per heavy atom. The number of halogens is 1. The Hall–Kier alpha value is -3.53. The van der Waals surface area contributed by atoms with Crippen molar-refractivity contribution in [2.75, 3.05) is 57.6 Å². The lowest BCUT2D eigenvalue weighted by molar-refractivity contribution is -0.134. The monoisotopic (exact) mass is 770 g/mol. The molecule has 3 heterocycles. The summed E-state index contributed by atoms with van der Waals surface area (Å²) in [4.78, 5) is 31.6. The van der Waals surface area contributed by atoms with Gasteiger partial charge < -0.3 is 24.2 Å². The second-order valence-corrected chi connectivity index (χ2v) is 24.0. The zero-order valence-corrected chi connectivity index (χ0v) is 33.8. The van der Waals surface area contributed by atoms with E-state index in [0.717, 1.165) is 29.8 Å². The summed E-state index contributed by atoms with van der Waals surface area (Å²) in [6.45, 7) is 14.6. The number of aromatic nitrogens is 2. The van der Waals surface area contributed by atoms with Crippen molar-refractivity contribution in [2.45, 2.75) is 94.8 Å². The maximum atomic E-state index is 14.7. The van der Waals surface area contributed by atoms with E-state index in [-0.39, 0.29) is 36.6 Å². The van der Waals surface area contributed by atoms with Gasteiger partial charge in [-0.05, 0) is 49.9 Å². The Morgan fingerprint density at radius 2 is 1.77 bits per heavy atom. The maximum Gasteiger partial charge on any atom is 0.410 e. The fraction of sp³-hybridized carbons (Fsp3) is 0.605. The van der Waals surface area contributed by atoms with Crippen LogP contribution in [-0.4, -0.2) is 117 Å². The van der Waals surface area contributed by atoms with Gasteiger partial charge in [0, 0.05) is 69.9 Å². The average molecular weight is 771 g/mol. The average Bonchev–Trinajstić information content (AvgIpc) is 3.51. The van der Waals surface area contributed by atoms with Gasteiger partial charge in [0.2, 0.25) is 15.9 Å². The third-order valence-corrected chi connectivity index (χ3v) is 14.5. The van der Waals surface area contributed by atoms with Gasteiger partial charge in [-0.3, -0.25) is 9.48 Å². The van der Waals surface area contributed by atoms with E-state index in [1.807, 2.05) is 56.0 Å². The lowest BCUT2D eigenvalue weighted by Gasteiger charge is -2.37. The predicted octanol–water partition coefficient (Wildman–Crippen LogP) is 6.12. The first-order valence-corrected chi connectivity index (χ1v) is 23.9. The van der Waals surface area contributed by atoms with Gasteiger partial charge in [-0.1, -0.05) is 63.8 Å². The third kappa shape index (κ3) is 8.73. The Balaban J connectivity index is 1.33. The molecule has 1 aromatic heterocycles. The van der Waals surface area contributed by atoms with Crippen LogP contribution in [0.25, 0.3) is 10.9 Å². The minimum absolute atomic E-state index is 0.0349. The van der Waals surface area contributed by atoms with Crippen molar-refractivity contribution in [3.05, 3.63) is 54.2 Å². The highest BCUT2D eigenvalue weighted by Gasteiger charge is 2.50. The lowest BCUT2D eigenvalue weighted by Crippen LogP contribution is -2.50. The molecule has 53 heavy (non-hydrogen) atoms. The van der Waals surface area contributed by atoms with Crippen LogP contribution in [0.3, 0.4) is 0 Å². The molecule has 15 heteroatoms. The van der Waals surface area contributed by atoms with Gasteiger partial charge in [-0.25, -0.2) is 17.6 Å². The van der Waals surface area contributed by atoms with Crippen LogP contribution in [0, 0.1) is 5.92 Å². The second-order valence-electron chi connectivity index (χ2n) is 16.5. The molecule has 0 bridgehead atoms. The van der Waals surface area contributed by atoms with Gasteiger partial charge in [0.05, 0.1) is 28.7 Å². The highest BCUT2D eigenvalue weighted by molar-refractivity contribution is 7.89. The number of sulfonamides is 1. The number of likely N-dealkylation sites (tertiary alicyclic amines) is 1. The van der Waals surface area contributed by atoms with Crippen molar-refractivity contribution in [3.8, 4) is 0 Å². The quantitative estimate of drug-likeness (QED) is 0.109. The summed E-state index contributed by atoms with van der Waals surface area (Å²) in [6.07, 6.45) is 2.91.